The number of allylic oxidation sites excluding steroid dienone is 4. The molecule has 6 atom stereocenters. The number of esters is 1. The quantitative estimate of drug-likeness (QED) is 0.0267. The highest BCUT2D eigenvalue weighted by Gasteiger charge is 2.44. The minimum absolute atomic E-state index is 0.111. The molecule has 378 valence electrons. The molecule has 0 spiro atoms. The van der Waals surface area contributed by atoms with E-state index in [4.69, 9.17) is 18.9 Å². The summed E-state index contributed by atoms with van der Waals surface area (Å²) in [6.45, 7) is 4.59. The molecule has 0 aromatic heterocycles. The number of carbonyl (C=O) groups excluding carboxylic acids is 1. The number of hydrogen-bond donors (Lipinski definition) is 4. The van der Waals surface area contributed by atoms with Crippen LogP contribution in [0, 0.1) is 0 Å². The molecule has 0 aromatic carbocycles. The first-order chi connectivity index (χ1) is 31.4. The van der Waals surface area contributed by atoms with Crippen LogP contribution < -0.4 is 0 Å². The van der Waals surface area contributed by atoms with Gasteiger partial charge in [-0.3, -0.25) is 4.79 Å². The van der Waals surface area contributed by atoms with Crippen molar-refractivity contribution in [2.75, 3.05) is 26.4 Å². The van der Waals surface area contributed by atoms with Gasteiger partial charge in [-0.25, -0.2) is 0 Å². The van der Waals surface area contributed by atoms with Crippen molar-refractivity contribution in [2.45, 2.75) is 295 Å². The van der Waals surface area contributed by atoms with Gasteiger partial charge in [-0.1, -0.05) is 231 Å². The van der Waals surface area contributed by atoms with E-state index in [2.05, 4.69) is 38.2 Å². The second kappa shape index (κ2) is 46.8. The lowest BCUT2D eigenvalue weighted by molar-refractivity contribution is -0.305. The number of rotatable bonds is 48. The van der Waals surface area contributed by atoms with Gasteiger partial charge in [-0.2, -0.15) is 0 Å². The van der Waals surface area contributed by atoms with Crippen molar-refractivity contribution in [1.82, 2.24) is 0 Å². The molecule has 0 aromatic rings. The lowest BCUT2D eigenvalue weighted by Crippen LogP contribution is -2.59. The van der Waals surface area contributed by atoms with E-state index in [0.717, 1.165) is 38.5 Å². The van der Waals surface area contributed by atoms with Crippen molar-refractivity contribution >= 4 is 5.97 Å². The molecule has 4 N–H and O–H groups in total. The molecule has 1 aliphatic rings. The Morgan fingerprint density at radius 2 is 0.906 bits per heavy atom. The van der Waals surface area contributed by atoms with E-state index in [-0.39, 0.29) is 19.2 Å². The summed E-state index contributed by atoms with van der Waals surface area (Å²) in [6, 6.07) is 0. The zero-order valence-electron chi connectivity index (χ0n) is 41.8. The summed E-state index contributed by atoms with van der Waals surface area (Å²) >= 11 is 0. The fourth-order valence-corrected chi connectivity index (χ4v) is 8.58. The summed E-state index contributed by atoms with van der Waals surface area (Å²) in [4.78, 5) is 12.9. The molecular formula is C55H104O9. The SMILES string of the molecule is CCCCC/C=C\C/C=C\CCCCCCCCCCCC(=O)OC(COCCCCCCCCCCCCCCCCCCCCCCCC)COC1OC(CO)C(O)C(O)C1O. The maximum absolute atomic E-state index is 12.9. The Hall–Kier alpha value is -1.33. The van der Waals surface area contributed by atoms with Crippen molar-refractivity contribution in [2.24, 2.45) is 0 Å². The Bertz CT molecular complexity index is 1040. The Morgan fingerprint density at radius 3 is 1.38 bits per heavy atom. The monoisotopic (exact) mass is 909 g/mol. The predicted molar refractivity (Wildman–Crippen MR) is 265 cm³/mol. The average Bonchev–Trinajstić information content (AvgIpc) is 3.30. The van der Waals surface area contributed by atoms with Crippen molar-refractivity contribution in [3.05, 3.63) is 24.3 Å². The fraction of sp³-hybridized carbons (Fsp3) is 0.909. The van der Waals surface area contributed by atoms with Crippen LogP contribution in [0.25, 0.3) is 0 Å². The van der Waals surface area contributed by atoms with Gasteiger partial charge in [0.05, 0.1) is 19.8 Å². The third-order valence-electron chi connectivity index (χ3n) is 12.9. The normalized spacial score (nSPS) is 19.6. The minimum atomic E-state index is -1.54. The van der Waals surface area contributed by atoms with Crippen molar-refractivity contribution in [1.29, 1.82) is 0 Å². The van der Waals surface area contributed by atoms with Gasteiger partial charge in [0.25, 0.3) is 0 Å². The Kier molecular flexibility index (Phi) is 44.3. The summed E-state index contributed by atoms with van der Waals surface area (Å²) in [5.74, 6) is -0.313. The van der Waals surface area contributed by atoms with Gasteiger partial charge in [0.2, 0.25) is 0 Å². The Labute approximate surface area is 394 Å². The molecule has 0 aliphatic carbocycles. The van der Waals surface area contributed by atoms with Gasteiger partial charge >= 0.3 is 5.97 Å². The number of aliphatic hydroxyl groups excluding tert-OH is 4. The first kappa shape index (κ1) is 60.7. The van der Waals surface area contributed by atoms with E-state index in [9.17, 15) is 25.2 Å². The molecule has 0 saturated carbocycles. The van der Waals surface area contributed by atoms with E-state index in [0.29, 0.717) is 13.0 Å². The number of hydrogen-bond acceptors (Lipinski definition) is 9. The lowest BCUT2D eigenvalue weighted by atomic mass is 9.99. The van der Waals surface area contributed by atoms with Gasteiger partial charge in [-0.05, 0) is 44.9 Å². The number of unbranched alkanes of at least 4 members (excludes halogenated alkanes) is 33. The topological polar surface area (TPSA) is 135 Å². The number of aliphatic hydroxyl groups is 4. The number of ether oxygens (including phenoxy) is 4. The molecule has 1 fully saturated rings. The van der Waals surface area contributed by atoms with Gasteiger partial charge in [-0.15, -0.1) is 0 Å². The molecule has 1 rings (SSSR count). The second-order valence-electron chi connectivity index (χ2n) is 19.0. The summed E-state index contributed by atoms with van der Waals surface area (Å²) in [5, 5.41) is 40.3. The zero-order chi connectivity index (χ0) is 46.4. The van der Waals surface area contributed by atoms with E-state index in [1.807, 2.05) is 0 Å². The van der Waals surface area contributed by atoms with Crippen LogP contribution in [-0.4, -0.2) is 89.6 Å². The Morgan fingerprint density at radius 1 is 0.500 bits per heavy atom. The second-order valence-corrected chi connectivity index (χ2v) is 19.0. The van der Waals surface area contributed by atoms with Gasteiger partial charge in [0.1, 0.15) is 30.5 Å². The highest BCUT2D eigenvalue weighted by molar-refractivity contribution is 5.69. The molecule has 1 heterocycles. The summed E-state index contributed by atoms with van der Waals surface area (Å²) in [7, 11) is 0. The first-order valence-corrected chi connectivity index (χ1v) is 27.4. The highest BCUT2D eigenvalue weighted by Crippen LogP contribution is 2.23. The summed E-state index contributed by atoms with van der Waals surface area (Å²) in [6.07, 6.45) is 49.3. The van der Waals surface area contributed by atoms with Crippen molar-refractivity contribution in [3.8, 4) is 0 Å². The van der Waals surface area contributed by atoms with Gasteiger partial charge in [0, 0.05) is 13.0 Å². The van der Waals surface area contributed by atoms with Gasteiger partial charge < -0.3 is 39.4 Å². The van der Waals surface area contributed by atoms with E-state index >= 15 is 0 Å². The fourth-order valence-electron chi connectivity index (χ4n) is 8.58. The smallest absolute Gasteiger partial charge is 0.306 e. The molecule has 6 unspecified atom stereocenters. The molecule has 0 bridgehead atoms. The third-order valence-corrected chi connectivity index (χ3v) is 12.9. The molecule has 0 amide bonds. The standard InChI is InChI=1S/C55H104O9/c1-3-5-7-9-11-13-15-17-19-21-23-24-25-27-29-31-33-35-37-39-41-43-45-61-47-49(48-62-55-54(60)53(59)52(58)50(46-56)64-55)63-51(57)44-42-40-38-36-34-32-30-28-26-22-20-18-16-14-12-10-8-6-4-2/h12,14,18,20,49-50,52-56,58-60H,3-11,13,15-17,19,21-48H2,1-2H3/b14-12-,20-18-. The molecule has 0 radical (unpaired) electrons. The average molecular weight is 909 g/mol. The first-order valence-electron chi connectivity index (χ1n) is 27.4. The minimum Gasteiger partial charge on any atom is -0.457 e. The van der Waals surface area contributed by atoms with E-state index < -0.39 is 43.4 Å². The van der Waals surface area contributed by atoms with Crippen LogP contribution in [0.2, 0.25) is 0 Å². The van der Waals surface area contributed by atoms with Crippen LogP contribution in [0.1, 0.15) is 258 Å². The van der Waals surface area contributed by atoms with Gasteiger partial charge in [0.15, 0.2) is 6.29 Å². The number of carbonyl (C=O) groups is 1. The summed E-state index contributed by atoms with van der Waals surface area (Å²) in [5.41, 5.74) is 0. The zero-order valence-corrected chi connectivity index (χ0v) is 41.8. The molecular weight excluding hydrogens is 805 g/mol. The van der Waals surface area contributed by atoms with Crippen LogP contribution in [0.4, 0.5) is 0 Å². The van der Waals surface area contributed by atoms with Crippen LogP contribution in [0.3, 0.4) is 0 Å². The molecule has 1 saturated heterocycles. The highest BCUT2D eigenvalue weighted by atomic mass is 16.7. The lowest BCUT2D eigenvalue weighted by Gasteiger charge is -2.39. The molecule has 64 heavy (non-hydrogen) atoms. The maximum atomic E-state index is 12.9. The van der Waals surface area contributed by atoms with Crippen LogP contribution in [0.5, 0.6) is 0 Å². The van der Waals surface area contributed by atoms with Crippen molar-refractivity contribution in [3.63, 3.8) is 0 Å². The third kappa shape index (κ3) is 36.7. The van der Waals surface area contributed by atoms with E-state index in [1.165, 1.54) is 199 Å². The molecule has 9 heteroatoms. The van der Waals surface area contributed by atoms with E-state index in [1.54, 1.807) is 0 Å². The van der Waals surface area contributed by atoms with Crippen molar-refractivity contribution < 1.29 is 44.2 Å². The molecule has 9 nitrogen and oxygen atoms in total. The predicted octanol–water partition coefficient (Wildman–Crippen LogP) is 13.7. The Balaban J connectivity index is 2.16. The summed E-state index contributed by atoms with van der Waals surface area (Å²) < 4.78 is 22.9. The van der Waals surface area contributed by atoms with Crippen LogP contribution >= 0.6 is 0 Å². The largest absolute Gasteiger partial charge is 0.457 e. The molecule has 1 aliphatic heterocycles. The van der Waals surface area contributed by atoms with Crippen LogP contribution in [-0.2, 0) is 23.7 Å². The van der Waals surface area contributed by atoms with Crippen LogP contribution in [0.15, 0.2) is 24.3 Å². The maximum Gasteiger partial charge on any atom is 0.306 e.